The normalized spacial score (nSPS) is 10.0. The topological polar surface area (TPSA) is 35.5 Å². The Hall–Kier alpha value is -1.51. The second kappa shape index (κ2) is 7.71. The average Bonchev–Trinajstić information content (AvgIpc) is 2.38. The molecule has 0 aliphatic rings. The zero-order valence-corrected chi connectivity index (χ0v) is 10.6. The molecule has 1 rings (SSSR count). The lowest BCUT2D eigenvalue weighted by molar-refractivity contribution is 0.112. The molecule has 1 aromatic rings. The van der Waals surface area contributed by atoms with Gasteiger partial charge in [-0.2, -0.15) is 0 Å². The SMILES string of the molecule is CCCCCCOc1ccc(OC)c(C=O)c1. The molecule has 0 aromatic heterocycles. The predicted molar refractivity (Wildman–Crippen MR) is 68.0 cm³/mol. The van der Waals surface area contributed by atoms with Crippen LogP contribution in [-0.2, 0) is 0 Å². The van der Waals surface area contributed by atoms with Gasteiger partial charge in [-0.3, -0.25) is 4.79 Å². The third-order valence-corrected chi connectivity index (χ3v) is 2.59. The molecular formula is C14H20O3. The smallest absolute Gasteiger partial charge is 0.153 e. The van der Waals surface area contributed by atoms with Crippen LogP contribution in [0.15, 0.2) is 18.2 Å². The Balaban J connectivity index is 2.46. The molecule has 0 heterocycles. The van der Waals surface area contributed by atoms with Crippen molar-refractivity contribution in [3.8, 4) is 11.5 Å². The van der Waals surface area contributed by atoms with Crippen molar-refractivity contribution in [2.24, 2.45) is 0 Å². The van der Waals surface area contributed by atoms with Gasteiger partial charge in [0.1, 0.15) is 11.5 Å². The van der Waals surface area contributed by atoms with Crippen LogP contribution in [0, 0.1) is 0 Å². The van der Waals surface area contributed by atoms with Crippen LogP contribution in [0.25, 0.3) is 0 Å². The summed E-state index contributed by atoms with van der Waals surface area (Å²) in [6, 6.07) is 5.29. The number of methoxy groups -OCH3 is 1. The van der Waals surface area contributed by atoms with E-state index in [9.17, 15) is 4.79 Å². The van der Waals surface area contributed by atoms with Gasteiger partial charge < -0.3 is 9.47 Å². The molecule has 0 bridgehead atoms. The first-order valence-corrected chi connectivity index (χ1v) is 6.07. The Bertz CT molecular complexity index is 347. The molecule has 0 amide bonds. The molecule has 3 nitrogen and oxygen atoms in total. The number of rotatable bonds is 8. The van der Waals surface area contributed by atoms with Gasteiger partial charge in [-0.25, -0.2) is 0 Å². The molecule has 0 fully saturated rings. The number of hydrogen-bond donors (Lipinski definition) is 0. The summed E-state index contributed by atoms with van der Waals surface area (Å²) in [5.41, 5.74) is 0.526. The zero-order valence-electron chi connectivity index (χ0n) is 10.6. The Morgan fingerprint density at radius 3 is 2.71 bits per heavy atom. The van der Waals surface area contributed by atoms with Crippen LogP contribution in [0.1, 0.15) is 43.0 Å². The van der Waals surface area contributed by atoms with Gasteiger partial charge in [0, 0.05) is 0 Å². The fourth-order valence-corrected chi connectivity index (χ4v) is 1.61. The van der Waals surface area contributed by atoms with Gasteiger partial charge in [-0.1, -0.05) is 26.2 Å². The summed E-state index contributed by atoms with van der Waals surface area (Å²) in [5.74, 6) is 1.31. The number of carbonyl (C=O) groups excluding carboxylic acids is 1. The second-order valence-corrected chi connectivity index (χ2v) is 3.93. The minimum absolute atomic E-state index is 0.526. The van der Waals surface area contributed by atoms with Crippen molar-refractivity contribution in [1.82, 2.24) is 0 Å². The summed E-state index contributed by atoms with van der Waals surface area (Å²) in [6.45, 7) is 2.88. The Labute approximate surface area is 103 Å². The van der Waals surface area contributed by atoms with E-state index in [4.69, 9.17) is 9.47 Å². The molecule has 0 saturated heterocycles. The van der Waals surface area contributed by atoms with Gasteiger partial charge >= 0.3 is 0 Å². The third-order valence-electron chi connectivity index (χ3n) is 2.59. The molecule has 0 aliphatic carbocycles. The van der Waals surface area contributed by atoms with Crippen molar-refractivity contribution in [3.63, 3.8) is 0 Å². The summed E-state index contributed by atoms with van der Waals surface area (Å²) in [5, 5.41) is 0. The second-order valence-electron chi connectivity index (χ2n) is 3.93. The van der Waals surface area contributed by atoms with Crippen molar-refractivity contribution in [3.05, 3.63) is 23.8 Å². The third kappa shape index (κ3) is 4.47. The first kappa shape index (κ1) is 13.6. The summed E-state index contributed by atoms with van der Waals surface area (Å²) >= 11 is 0. The number of unbranched alkanes of at least 4 members (excludes halogenated alkanes) is 3. The van der Waals surface area contributed by atoms with Crippen molar-refractivity contribution in [1.29, 1.82) is 0 Å². The molecule has 0 spiro atoms. The van der Waals surface area contributed by atoms with Crippen LogP contribution < -0.4 is 9.47 Å². The number of aldehydes is 1. The monoisotopic (exact) mass is 236 g/mol. The van der Waals surface area contributed by atoms with E-state index in [1.54, 1.807) is 19.2 Å². The van der Waals surface area contributed by atoms with Gasteiger partial charge in [0.2, 0.25) is 0 Å². The van der Waals surface area contributed by atoms with Crippen LogP contribution in [-0.4, -0.2) is 20.0 Å². The maximum atomic E-state index is 10.8. The number of hydrogen-bond acceptors (Lipinski definition) is 3. The van der Waals surface area contributed by atoms with E-state index in [1.165, 1.54) is 19.3 Å². The van der Waals surface area contributed by atoms with Gasteiger partial charge in [-0.05, 0) is 24.6 Å². The maximum absolute atomic E-state index is 10.8. The van der Waals surface area contributed by atoms with Crippen LogP contribution in [0.5, 0.6) is 11.5 Å². The van der Waals surface area contributed by atoms with Crippen molar-refractivity contribution >= 4 is 6.29 Å². The molecule has 0 aliphatic heterocycles. The lowest BCUT2D eigenvalue weighted by atomic mass is 10.2. The molecule has 0 radical (unpaired) electrons. The number of benzene rings is 1. The molecular weight excluding hydrogens is 216 g/mol. The summed E-state index contributed by atoms with van der Waals surface area (Å²) in [4.78, 5) is 10.8. The highest BCUT2D eigenvalue weighted by molar-refractivity contribution is 5.80. The first-order valence-electron chi connectivity index (χ1n) is 6.07. The highest BCUT2D eigenvalue weighted by Crippen LogP contribution is 2.22. The van der Waals surface area contributed by atoms with Gasteiger partial charge in [0.15, 0.2) is 6.29 Å². The minimum Gasteiger partial charge on any atom is -0.496 e. The van der Waals surface area contributed by atoms with E-state index < -0.39 is 0 Å². The molecule has 0 unspecified atom stereocenters. The van der Waals surface area contributed by atoms with Crippen LogP contribution in [0.2, 0.25) is 0 Å². The van der Waals surface area contributed by atoms with Crippen molar-refractivity contribution in [2.75, 3.05) is 13.7 Å². The van der Waals surface area contributed by atoms with E-state index in [1.807, 2.05) is 6.07 Å². The van der Waals surface area contributed by atoms with Gasteiger partial charge in [0.25, 0.3) is 0 Å². The highest BCUT2D eigenvalue weighted by Gasteiger charge is 2.03. The van der Waals surface area contributed by atoms with E-state index in [2.05, 4.69) is 6.92 Å². The fraction of sp³-hybridized carbons (Fsp3) is 0.500. The Morgan fingerprint density at radius 2 is 2.06 bits per heavy atom. The maximum Gasteiger partial charge on any atom is 0.153 e. The van der Waals surface area contributed by atoms with E-state index >= 15 is 0 Å². The molecule has 1 aromatic carbocycles. The lowest BCUT2D eigenvalue weighted by Crippen LogP contribution is -1.98. The quantitative estimate of drug-likeness (QED) is 0.512. The summed E-state index contributed by atoms with van der Waals surface area (Å²) in [7, 11) is 1.55. The van der Waals surface area contributed by atoms with Crippen LogP contribution >= 0.6 is 0 Å². The minimum atomic E-state index is 0.526. The average molecular weight is 236 g/mol. The van der Waals surface area contributed by atoms with Crippen LogP contribution in [0.3, 0.4) is 0 Å². The number of ether oxygens (including phenoxy) is 2. The van der Waals surface area contributed by atoms with Gasteiger partial charge in [-0.15, -0.1) is 0 Å². The van der Waals surface area contributed by atoms with E-state index in [-0.39, 0.29) is 0 Å². The molecule has 3 heteroatoms. The zero-order chi connectivity index (χ0) is 12.5. The number of carbonyl (C=O) groups is 1. The van der Waals surface area contributed by atoms with Crippen molar-refractivity contribution < 1.29 is 14.3 Å². The Morgan fingerprint density at radius 1 is 1.24 bits per heavy atom. The highest BCUT2D eigenvalue weighted by atomic mass is 16.5. The lowest BCUT2D eigenvalue weighted by Gasteiger charge is -2.08. The van der Waals surface area contributed by atoms with E-state index in [0.29, 0.717) is 17.9 Å². The molecule has 17 heavy (non-hydrogen) atoms. The largest absolute Gasteiger partial charge is 0.496 e. The molecule has 0 N–H and O–H groups in total. The first-order chi connectivity index (χ1) is 8.31. The molecule has 94 valence electrons. The van der Waals surface area contributed by atoms with Crippen LogP contribution in [0.4, 0.5) is 0 Å². The standard InChI is InChI=1S/C14H20O3/c1-3-4-5-6-9-17-13-7-8-14(16-2)12(10-13)11-15/h7-8,10-11H,3-6,9H2,1-2H3. The van der Waals surface area contributed by atoms with Gasteiger partial charge in [0.05, 0.1) is 19.3 Å². The summed E-state index contributed by atoms with van der Waals surface area (Å²) < 4.78 is 10.6. The Kier molecular flexibility index (Phi) is 6.15. The fourth-order valence-electron chi connectivity index (χ4n) is 1.61. The molecule has 0 atom stereocenters. The summed E-state index contributed by atoms with van der Waals surface area (Å²) in [6.07, 6.45) is 5.48. The molecule has 0 saturated carbocycles. The predicted octanol–water partition coefficient (Wildman–Crippen LogP) is 3.47. The van der Waals surface area contributed by atoms with E-state index in [0.717, 1.165) is 18.5 Å². The van der Waals surface area contributed by atoms with Crippen molar-refractivity contribution in [2.45, 2.75) is 32.6 Å².